The Morgan fingerprint density at radius 3 is 2.62 bits per heavy atom. The number of ether oxygens (including phenoxy) is 1. The lowest BCUT2D eigenvalue weighted by molar-refractivity contribution is -0.143. The quantitative estimate of drug-likeness (QED) is 0.399. The summed E-state index contributed by atoms with van der Waals surface area (Å²) in [7, 11) is 0. The molecule has 0 saturated carbocycles. The first-order chi connectivity index (χ1) is 15.6. The highest BCUT2D eigenvalue weighted by atomic mass is 16.5. The van der Waals surface area contributed by atoms with Crippen molar-refractivity contribution in [3.05, 3.63) is 89.4 Å². The van der Waals surface area contributed by atoms with Crippen molar-refractivity contribution in [1.29, 1.82) is 0 Å². The molecule has 2 aromatic carbocycles. The monoisotopic (exact) mass is 426 g/mol. The number of hydrogen-bond donors (Lipinski definition) is 0. The Morgan fingerprint density at radius 2 is 1.84 bits per heavy atom. The van der Waals surface area contributed by atoms with Crippen LogP contribution in [0.4, 0.5) is 0 Å². The Hall–Kier alpha value is -4.13. The summed E-state index contributed by atoms with van der Waals surface area (Å²) >= 11 is 0. The molecule has 32 heavy (non-hydrogen) atoms. The van der Waals surface area contributed by atoms with Gasteiger partial charge in [-0.3, -0.25) is 13.9 Å². The number of hydrogen-bond acceptors (Lipinski definition) is 4. The second-order valence-electron chi connectivity index (χ2n) is 7.61. The molecule has 0 amide bonds. The molecule has 0 aliphatic heterocycles. The maximum Gasteiger partial charge on any atom is 0.334 e. The minimum absolute atomic E-state index is 0.124. The predicted molar refractivity (Wildman–Crippen MR) is 123 cm³/mol. The molecule has 0 N–H and O–H groups in total. The predicted octanol–water partition coefficient (Wildman–Crippen LogP) is 3.98. The number of para-hydroxylation sites is 1. The highest BCUT2D eigenvalue weighted by Gasteiger charge is 2.18. The molecule has 5 rings (SSSR count). The minimum atomic E-state index is -0.431. The number of fused-ring (bicyclic) bond motifs is 2. The number of aryl methyl sites for hydroxylation is 1. The summed E-state index contributed by atoms with van der Waals surface area (Å²) in [5, 5.41) is 0. The highest BCUT2D eigenvalue weighted by Crippen LogP contribution is 2.27. The number of carbonyl (C=O) groups excluding carboxylic acids is 1. The van der Waals surface area contributed by atoms with Crippen molar-refractivity contribution in [2.24, 2.45) is 0 Å². The maximum atomic E-state index is 13.4. The molecule has 5 aromatic rings. The van der Waals surface area contributed by atoms with Gasteiger partial charge in [-0.2, -0.15) is 0 Å². The first kappa shape index (κ1) is 19.8. The molecule has 0 fully saturated rings. The lowest BCUT2D eigenvalue weighted by atomic mass is 10.1. The average molecular weight is 426 g/mol. The van der Waals surface area contributed by atoms with E-state index in [1.807, 2.05) is 78.3 Å². The number of carbonyl (C=O) groups is 1. The van der Waals surface area contributed by atoms with Gasteiger partial charge in [-0.25, -0.2) is 9.78 Å². The number of rotatable bonds is 5. The fraction of sp³-hybridized carbons (Fsp3) is 0.160. The molecule has 160 valence electrons. The number of imidazole rings is 2. The van der Waals surface area contributed by atoms with Crippen molar-refractivity contribution in [1.82, 2.24) is 18.5 Å². The molecule has 0 unspecified atom stereocenters. The van der Waals surface area contributed by atoms with Crippen LogP contribution in [-0.4, -0.2) is 31.1 Å². The fourth-order valence-corrected chi connectivity index (χ4v) is 4.18. The Bertz CT molecular complexity index is 1510. The van der Waals surface area contributed by atoms with Crippen LogP contribution in [0.25, 0.3) is 33.4 Å². The summed E-state index contributed by atoms with van der Waals surface area (Å²) in [4.78, 5) is 29.7. The van der Waals surface area contributed by atoms with Gasteiger partial charge >= 0.3 is 11.7 Å². The summed E-state index contributed by atoms with van der Waals surface area (Å²) in [6, 6.07) is 17.6. The van der Waals surface area contributed by atoms with E-state index in [-0.39, 0.29) is 18.8 Å². The number of aromatic nitrogens is 4. The Balaban J connectivity index is 1.63. The molecule has 0 atom stereocenters. The number of benzene rings is 2. The van der Waals surface area contributed by atoms with Crippen LogP contribution in [0.3, 0.4) is 0 Å². The van der Waals surface area contributed by atoms with Gasteiger partial charge in [0.25, 0.3) is 0 Å². The Kier molecular flexibility index (Phi) is 4.86. The van der Waals surface area contributed by atoms with Crippen LogP contribution in [0.15, 0.2) is 78.1 Å². The maximum absolute atomic E-state index is 13.4. The van der Waals surface area contributed by atoms with E-state index in [9.17, 15) is 9.59 Å². The second-order valence-corrected chi connectivity index (χ2v) is 7.61. The second kappa shape index (κ2) is 7.85. The van der Waals surface area contributed by atoms with Crippen molar-refractivity contribution in [2.75, 3.05) is 6.61 Å². The van der Waals surface area contributed by atoms with Gasteiger partial charge in [-0.05, 0) is 49.2 Å². The van der Waals surface area contributed by atoms with Crippen molar-refractivity contribution >= 4 is 22.5 Å². The topological polar surface area (TPSA) is 70.5 Å². The largest absolute Gasteiger partial charge is 0.465 e. The van der Waals surface area contributed by atoms with E-state index in [0.717, 1.165) is 33.4 Å². The van der Waals surface area contributed by atoms with Crippen molar-refractivity contribution in [3.8, 4) is 16.8 Å². The SMILES string of the molecule is CCOC(=O)Cn1c(=O)n(-c2ccc(-c3cccn4cncc34)cc2)c2c(C)cccc21. The van der Waals surface area contributed by atoms with Gasteiger partial charge in [0, 0.05) is 11.8 Å². The molecule has 0 aliphatic rings. The average Bonchev–Trinajstić information content (AvgIpc) is 3.38. The standard InChI is InChI=1S/C25H22N4O3/c1-3-32-23(30)15-28-21-8-4-6-17(2)24(21)29(25(28)31)19-11-9-18(10-12-19)20-7-5-13-27-16-26-14-22(20)27/h4-14,16H,3,15H2,1-2H3. The summed E-state index contributed by atoms with van der Waals surface area (Å²) in [5.74, 6) is -0.431. The van der Waals surface area contributed by atoms with Gasteiger partial charge in [-0.15, -0.1) is 0 Å². The van der Waals surface area contributed by atoms with Gasteiger partial charge < -0.3 is 9.14 Å². The lowest BCUT2D eigenvalue weighted by Gasteiger charge is -2.08. The third-order valence-corrected chi connectivity index (χ3v) is 5.63. The molecule has 7 nitrogen and oxygen atoms in total. The first-order valence-electron chi connectivity index (χ1n) is 10.5. The van der Waals surface area contributed by atoms with Crippen molar-refractivity contribution < 1.29 is 9.53 Å². The molecular formula is C25H22N4O3. The lowest BCUT2D eigenvalue weighted by Crippen LogP contribution is -2.27. The van der Waals surface area contributed by atoms with E-state index < -0.39 is 5.97 Å². The van der Waals surface area contributed by atoms with Crippen molar-refractivity contribution in [3.63, 3.8) is 0 Å². The van der Waals surface area contributed by atoms with E-state index in [4.69, 9.17) is 4.74 Å². The number of esters is 1. The van der Waals surface area contributed by atoms with Gasteiger partial charge in [0.15, 0.2) is 0 Å². The first-order valence-corrected chi connectivity index (χ1v) is 10.5. The van der Waals surface area contributed by atoms with Crippen LogP contribution < -0.4 is 5.69 Å². The Morgan fingerprint density at radius 1 is 1.03 bits per heavy atom. The molecule has 0 bridgehead atoms. The molecular weight excluding hydrogens is 404 g/mol. The summed E-state index contributed by atoms with van der Waals surface area (Å²) in [6.45, 7) is 3.86. The third-order valence-electron chi connectivity index (χ3n) is 5.63. The van der Waals surface area contributed by atoms with Gasteiger partial charge in [0.2, 0.25) is 0 Å². The zero-order chi connectivity index (χ0) is 22.2. The smallest absolute Gasteiger partial charge is 0.334 e. The van der Waals surface area contributed by atoms with Gasteiger partial charge in [0.05, 0.1) is 41.4 Å². The molecule has 0 radical (unpaired) electrons. The zero-order valence-electron chi connectivity index (χ0n) is 17.9. The molecule has 7 heteroatoms. The van der Waals surface area contributed by atoms with E-state index in [2.05, 4.69) is 4.98 Å². The van der Waals surface area contributed by atoms with E-state index in [1.165, 1.54) is 4.57 Å². The van der Waals surface area contributed by atoms with E-state index >= 15 is 0 Å². The van der Waals surface area contributed by atoms with Crippen molar-refractivity contribution in [2.45, 2.75) is 20.4 Å². The number of nitrogens with zero attached hydrogens (tertiary/aromatic N) is 4. The molecule has 0 aliphatic carbocycles. The molecule has 0 saturated heterocycles. The molecule has 3 aromatic heterocycles. The van der Waals surface area contributed by atoms with Crippen LogP contribution >= 0.6 is 0 Å². The molecule has 3 heterocycles. The summed E-state index contributed by atoms with van der Waals surface area (Å²) < 4.78 is 10.2. The van der Waals surface area contributed by atoms with E-state index in [0.29, 0.717) is 5.52 Å². The highest BCUT2D eigenvalue weighted by molar-refractivity contribution is 5.84. The van der Waals surface area contributed by atoms with Crippen LogP contribution in [0.5, 0.6) is 0 Å². The summed E-state index contributed by atoms with van der Waals surface area (Å²) in [6.07, 6.45) is 5.56. The van der Waals surface area contributed by atoms with Crippen LogP contribution in [-0.2, 0) is 16.1 Å². The van der Waals surface area contributed by atoms with Crippen LogP contribution in [0.1, 0.15) is 12.5 Å². The van der Waals surface area contributed by atoms with Crippen LogP contribution in [0, 0.1) is 6.92 Å². The van der Waals surface area contributed by atoms with E-state index in [1.54, 1.807) is 17.8 Å². The summed E-state index contributed by atoms with van der Waals surface area (Å²) in [5.41, 5.74) is 6.01. The van der Waals surface area contributed by atoms with Gasteiger partial charge in [-0.1, -0.05) is 30.3 Å². The van der Waals surface area contributed by atoms with Crippen LogP contribution in [0.2, 0.25) is 0 Å². The Labute approximate surface area is 184 Å². The minimum Gasteiger partial charge on any atom is -0.465 e. The third kappa shape index (κ3) is 3.19. The zero-order valence-corrected chi connectivity index (χ0v) is 17.9. The fourth-order valence-electron chi connectivity index (χ4n) is 4.18. The molecule has 0 spiro atoms. The van der Waals surface area contributed by atoms with Gasteiger partial charge in [0.1, 0.15) is 6.54 Å². The normalized spacial score (nSPS) is 11.3. The number of pyridine rings is 1.